The summed E-state index contributed by atoms with van der Waals surface area (Å²) in [6.07, 6.45) is 0. The molecule has 0 fully saturated rings. The second kappa shape index (κ2) is 5.18. The summed E-state index contributed by atoms with van der Waals surface area (Å²) in [5.41, 5.74) is 6.91. The quantitative estimate of drug-likeness (QED) is 0.364. The van der Waals surface area contributed by atoms with Crippen LogP contribution in [-0.4, -0.2) is 5.84 Å². The first kappa shape index (κ1) is 11.5. The zero-order valence-corrected chi connectivity index (χ0v) is 7.97. The van der Waals surface area contributed by atoms with E-state index in [1.165, 1.54) is 0 Å². The predicted octanol–water partition coefficient (Wildman–Crippen LogP) is -3.35. The van der Waals surface area contributed by atoms with E-state index in [0.717, 1.165) is 5.69 Å². The molecule has 1 aromatic rings. The van der Waals surface area contributed by atoms with Gasteiger partial charge in [-0.3, -0.25) is 5.73 Å². The van der Waals surface area contributed by atoms with Crippen LogP contribution in [0.2, 0.25) is 0 Å². The number of hydrogen-bond acceptors (Lipinski definition) is 1. The summed E-state index contributed by atoms with van der Waals surface area (Å²) in [5.74, 6) is 0.616. The van der Waals surface area contributed by atoms with Crippen molar-refractivity contribution in [3.8, 4) is 6.07 Å². The number of hydrogen-bond donors (Lipinski definition) is 2. The molecule has 1 rings (SSSR count). The third kappa shape index (κ3) is 3.59. The molecule has 1 aromatic carbocycles. The first-order chi connectivity index (χ1) is 5.72. The van der Waals surface area contributed by atoms with Gasteiger partial charge in [0.05, 0.1) is 11.6 Å². The van der Waals surface area contributed by atoms with Gasteiger partial charge in [0.2, 0.25) is 5.84 Å². The van der Waals surface area contributed by atoms with Crippen LogP contribution >= 0.6 is 0 Å². The van der Waals surface area contributed by atoms with Crippen molar-refractivity contribution in [3.05, 3.63) is 29.8 Å². The maximum Gasteiger partial charge on any atom is 0.242 e. The molecule has 3 nitrogen and oxygen atoms in total. The normalized spacial score (nSPS) is 10.0. The van der Waals surface area contributed by atoms with Gasteiger partial charge in [0, 0.05) is 13.0 Å². The summed E-state index contributed by atoms with van der Waals surface area (Å²) in [7, 11) is 0. The minimum Gasteiger partial charge on any atom is -1.00 e. The van der Waals surface area contributed by atoms with E-state index < -0.39 is 0 Å². The number of halogens is 1. The summed E-state index contributed by atoms with van der Waals surface area (Å²) < 4.78 is 0. The van der Waals surface area contributed by atoms with Crippen LogP contribution in [0.3, 0.4) is 0 Å². The van der Waals surface area contributed by atoms with Crippen molar-refractivity contribution in [2.24, 2.45) is 5.73 Å². The molecule has 0 bridgehead atoms. The molecule has 0 saturated carbocycles. The Hall–Kier alpha value is -1.53. The highest BCUT2D eigenvalue weighted by atomic mass is 35.5. The minimum absolute atomic E-state index is 0. The largest absolute Gasteiger partial charge is 1.00 e. The van der Waals surface area contributed by atoms with Gasteiger partial charge in [-0.15, -0.1) is 0 Å². The Morgan fingerprint density at radius 1 is 1.54 bits per heavy atom. The van der Waals surface area contributed by atoms with Crippen LogP contribution in [0.1, 0.15) is 12.5 Å². The Morgan fingerprint density at radius 2 is 2.23 bits per heavy atom. The number of nitrogens with two attached hydrogens (primary N) is 1. The zero-order valence-electron chi connectivity index (χ0n) is 7.21. The summed E-state index contributed by atoms with van der Waals surface area (Å²) >= 11 is 0. The van der Waals surface area contributed by atoms with Gasteiger partial charge in [0.1, 0.15) is 5.69 Å². The lowest BCUT2D eigenvalue weighted by Crippen LogP contribution is -3.00. The monoisotopic (exact) mass is 195 g/mol. The highest BCUT2D eigenvalue weighted by molar-refractivity contribution is 5.72. The van der Waals surface area contributed by atoms with Gasteiger partial charge in [-0.05, 0) is 12.1 Å². The molecule has 0 heterocycles. The van der Waals surface area contributed by atoms with Crippen LogP contribution in [0.15, 0.2) is 24.3 Å². The molecule has 0 spiro atoms. The fraction of sp³-hybridized carbons (Fsp3) is 0.111. The van der Waals surface area contributed by atoms with Crippen LogP contribution in [0, 0.1) is 11.3 Å². The van der Waals surface area contributed by atoms with Crippen molar-refractivity contribution in [1.29, 1.82) is 5.26 Å². The summed E-state index contributed by atoms with van der Waals surface area (Å²) in [6, 6.07) is 9.21. The van der Waals surface area contributed by atoms with Crippen LogP contribution in [0.5, 0.6) is 0 Å². The van der Waals surface area contributed by atoms with E-state index in [1.54, 1.807) is 19.1 Å². The van der Waals surface area contributed by atoms with Gasteiger partial charge in [-0.2, -0.15) is 5.26 Å². The van der Waals surface area contributed by atoms with Gasteiger partial charge in [0.15, 0.2) is 0 Å². The van der Waals surface area contributed by atoms with Crippen molar-refractivity contribution < 1.29 is 17.4 Å². The minimum atomic E-state index is 0. The zero-order chi connectivity index (χ0) is 8.97. The molecule has 0 unspecified atom stereocenters. The second-order valence-electron chi connectivity index (χ2n) is 2.50. The molecular formula is C9H10ClN3. The van der Waals surface area contributed by atoms with Gasteiger partial charge in [-0.25, -0.2) is 4.99 Å². The van der Waals surface area contributed by atoms with E-state index in [-0.39, 0.29) is 12.4 Å². The van der Waals surface area contributed by atoms with Crippen LogP contribution in [0.4, 0.5) is 5.69 Å². The first-order valence-corrected chi connectivity index (χ1v) is 3.58. The predicted molar refractivity (Wildman–Crippen MR) is 46.6 cm³/mol. The maximum atomic E-state index is 8.58. The topological polar surface area (TPSA) is 63.8 Å². The third-order valence-corrected chi connectivity index (χ3v) is 1.33. The SMILES string of the molecule is CC(N)=[NH+]c1cccc(C#N)c1.[Cl-]. The smallest absolute Gasteiger partial charge is 0.242 e. The van der Waals surface area contributed by atoms with E-state index in [0.29, 0.717) is 11.4 Å². The molecule has 0 atom stereocenters. The van der Waals surface area contributed by atoms with Crippen LogP contribution < -0.4 is 23.1 Å². The number of nitrogens with zero attached hydrogens (tertiary/aromatic N) is 1. The van der Waals surface area contributed by atoms with E-state index in [2.05, 4.69) is 11.1 Å². The first-order valence-electron chi connectivity index (χ1n) is 3.58. The molecule has 13 heavy (non-hydrogen) atoms. The molecule has 0 aromatic heterocycles. The van der Waals surface area contributed by atoms with Crippen LogP contribution in [0.25, 0.3) is 0 Å². The van der Waals surface area contributed by atoms with E-state index in [9.17, 15) is 0 Å². The van der Waals surface area contributed by atoms with Crippen molar-refractivity contribution in [1.82, 2.24) is 0 Å². The number of amidine groups is 1. The van der Waals surface area contributed by atoms with Crippen molar-refractivity contribution in [3.63, 3.8) is 0 Å². The Bertz CT molecular complexity index is 348. The average molecular weight is 196 g/mol. The molecule has 0 radical (unpaired) electrons. The summed E-state index contributed by atoms with van der Waals surface area (Å²) in [4.78, 5) is 2.92. The standard InChI is InChI=1S/C9H9N3.ClH/c1-7(11)12-9-4-2-3-8(5-9)6-10;/h2-5H,1H3,(H2,11,12);1H. The van der Waals surface area contributed by atoms with Crippen molar-refractivity contribution in [2.45, 2.75) is 6.92 Å². The van der Waals surface area contributed by atoms with Gasteiger partial charge >= 0.3 is 0 Å². The van der Waals surface area contributed by atoms with Gasteiger partial charge in [0.25, 0.3) is 0 Å². The lowest BCUT2D eigenvalue weighted by molar-refractivity contribution is -0.355. The fourth-order valence-corrected chi connectivity index (χ4v) is 0.894. The average Bonchev–Trinajstić information content (AvgIpc) is 2.03. The highest BCUT2D eigenvalue weighted by Crippen LogP contribution is 2.02. The molecule has 0 aliphatic rings. The molecular weight excluding hydrogens is 186 g/mol. The Labute approximate surface area is 83.3 Å². The summed E-state index contributed by atoms with van der Waals surface area (Å²) in [6.45, 7) is 1.76. The van der Waals surface area contributed by atoms with Crippen molar-refractivity contribution in [2.75, 3.05) is 0 Å². The molecule has 68 valence electrons. The number of benzene rings is 1. The number of nitriles is 1. The number of rotatable bonds is 1. The summed E-state index contributed by atoms with van der Waals surface area (Å²) in [5, 5.41) is 8.58. The number of nitrogens with one attached hydrogen (secondary N) is 1. The van der Waals surface area contributed by atoms with Gasteiger partial charge < -0.3 is 12.4 Å². The third-order valence-electron chi connectivity index (χ3n) is 1.33. The molecule has 0 aliphatic carbocycles. The highest BCUT2D eigenvalue weighted by Gasteiger charge is 1.94. The lowest BCUT2D eigenvalue weighted by Gasteiger charge is -1.90. The molecule has 0 saturated heterocycles. The Kier molecular flexibility index (Phi) is 4.57. The lowest BCUT2D eigenvalue weighted by atomic mass is 10.2. The van der Waals surface area contributed by atoms with Gasteiger partial charge in [-0.1, -0.05) is 6.07 Å². The molecule has 3 N–H and O–H groups in total. The fourth-order valence-electron chi connectivity index (χ4n) is 0.894. The second-order valence-corrected chi connectivity index (χ2v) is 2.50. The molecule has 0 amide bonds. The Balaban J connectivity index is 0.00000144. The van der Waals surface area contributed by atoms with E-state index in [1.807, 2.05) is 12.1 Å². The Morgan fingerprint density at radius 3 is 2.77 bits per heavy atom. The molecule has 4 heteroatoms. The maximum absolute atomic E-state index is 8.58. The van der Waals surface area contributed by atoms with E-state index >= 15 is 0 Å². The van der Waals surface area contributed by atoms with E-state index in [4.69, 9.17) is 11.0 Å². The molecule has 0 aliphatic heterocycles. The van der Waals surface area contributed by atoms with Crippen LogP contribution in [-0.2, 0) is 0 Å². The van der Waals surface area contributed by atoms with Crippen molar-refractivity contribution >= 4 is 11.5 Å².